The number of hydrogen-bond acceptors (Lipinski definition) is 10. The van der Waals surface area contributed by atoms with Crippen LogP contribution in [-0.4, -0.2) is 93.3 Å². The Bertz CT molecular complexity index is 951. The van der Waals surface area contributed by atoms with Crippen LogP contribution in [0, 0.1) is 12.3 Å². The summed E-state index contributed by atoms with van der Waals surface area (Å²) in [7, 11) is -13.9. The Morgan fingerprint density at radius 2 is 1.41 bits per heavy atom. The lowest BCUT2D eigenvalue weighted by Crippen LogP contribution is -2.45. The molecule has 23 heteroatoms. The van der Waals surface area contributed by atoms with Crippen molar-refractivity contribution >= 4 is 29.3 Å². The largest absolute Gasteiger partial charge is 0.466 e. The molecule has 0 unspecified atom stereocenters. The molecular formula is C11H22N3O17P3. The van der Waals surface area contributed by atoms with Gasteiger partial charge < -0.3 is 69.8 Å². The Kier molecular flexibility index (Phi) is 13.7. The number of nitrogens with two attached hydrogens (primary N) is 1. The molecular weight excluding hydrogens is 539 g/mol. The predicted molar refractivity (Wildman–Crippen MR) is 106 cm³/mol. The molecule has 34 heavy (non-hydrogen) atoms. The smallest absolute Gasteiger partial charge is 0.392 e. The summed E-state index contributed by atoms with van der Waals surface area (Å²) >= 11 is 0. The van der Waals surface area contributed by atoms with Crippen molar-refractivity contribution in [3.8, 4) is 12.3 Å². The zero-order valence-electron chi connectivity index (χ0n) is 16.4. The van der Waals surface area contributed by atoms with Crippen LogP contribution in [0.5, 0.6) is 0 Å². The van der Waals surface area contributed by atoms with E-state index in [1.165, 1.54) is 12.3 Å². The fraction of sp³-hybridized carbons (Fsp3) is 0.455. The standard InChI is InChI=1S/C11H13N3O5.3H3O4P/c1-2-11(5-15)8(17)7(16)9(19-11)14-4-3-6(12)13-10(14)18;3*1-5(2,3)4/h1,3-4,7-9,15-17H,5H2,(H2,12,13,18);3*(H3,1,2,3,4)/t7-,8+,9-,11-;;;/m1.../s1. The van der Waals surface area contributed by atoms with Gasteiger partial charge in [0.25, 0.3) is 0 Å². The second kappa shape index (κ2) is 13.5. The number of anilines is 1. The molecule has 2 rings (SSSR count). The molecule has 14 N–H and O–H groups in total. The lowest BCUT2D eigenvalue weighted by Gasteiger charge is -2.23. The Balaban J connectivity index is 0. The predicted octanol–water partition coefficient (Wildman–Crippen LogP) is -5.35. The van der Waals surface area contributed by atoms with E-state index in [1.807, 2.05) is 0 Å². The number of ether oxygens (including phenoxy) is 1. The van der Waals surface area contributed by atoms with Gasteiger partial charge >= 0.3 is 29.2 Å². The van der Waals surface area contributed by atoms with Crippen molar-refractivity contribution in [3.63, 3.8) is 0 Å². The Labute approximate surface area is 188 Å². The number of nitrogen functional groups attached to an aromatic ring is 1. The highest BCUT2D eigenvalue weighted by molar-refractivity contribution is 7.45. The fourth-order valence-corrected chi connectivity index (χ4v) is 1.92. The van der Waals surface area contributed by atoms with E-state index in [0.29, 0.717) is 0 Å². The summed E-state index contributed by atoms with van der Waals surface area (Å²) < 4.78 is 32.9. The maximum atomic E-state index is 11.7. The van der Waals surface area contributed by atoms with Crippen molar-refractivity contribution in [2.75, 3.05) is 12.3 Å². The summed E-state index contributed by atoms with van der Waals surface area (Å²) in [6, 6.07) is 1.33. The first-order valence-corrected chi connectivity index (χ1v) is 12.5. The minimum absolute atomic E-state index is 0.0136. The van der Waals surface area contributed by atoms with Gasteiger partial charge in [0.05, 0.1) is 6.61 Å². The van der Waals surface area contributed by atoms with Gasteiger partial charge in [0.15, 0.2) is 11.8 Å². The third-order valence-electron chi connectivity index (χ3n) is 3.03. The molecule has 20 nitrogen and oxygen atoms in total. The van der Waals surface area contributed by atoms with Gasteiger partial charge in [-0.3, -0.25) is 4.57 Å². The van der Waals surface area contributed by atoms with Crippen LogP contribution in [0.3, 0.4) is 0 Å². The number of aliphatic hydroxyl groups is 3. The van der Waals surface area contributed by atoms with Gasteiger partial charge in [-0.1, -0.05) is 5.92 Å². The molecule has 0 saturated carbocycles. The number of aromatic nitrogens is 2. The van der Waals surface area contributed by atoms with E-state index in [-0.39, 0.29) is 5.82 Å². The third kappa shape index (κ3) is 16.1. The number of hydrogen-bond donors (Lipinski definition) is 13. The highest BCUT2D eigenvalue weighted by Crippen LogP contribution is 2.36. The molecule has 1 saturated heterocycles. The highest BCUT2D eigenvalue weighted by Gasteiger charge is 2.54. The summed E-state index contributed by atoms with van der Waals surface area (Å²) in [5, 5.41) is 29.0. The van der Waals surface area contributed by atoms with E-state index < -0.39 is 59.8 Å². The van der Waals surface area contributed by atoms with Gasteiger partial charge in [0.1, 0.15) is 18.0 Å². The molecule has 1 fully saturated rings. The zero-order chi connectivity index (χ0) is 27.7. The number of aliphatic hydroxyl groups excluding tert-OH is 3. The average molecular weight is 561 g/mol. The van der Waals surface area contributed by atoms with Crippen LogP contribution in [0.2, 0.25) is 0 Å². The number of terminal acetylenes is 1. The second-order valence-electron chi connectivity index (χ2n) is 5.72. The van der Waals surface area contributed by atoms with Gasteiger partial charge in [-0.15, -0.1) is 6.42 Å². The van der Waals surface area contributed by atoms with Crippen molar-refractivity contribution in [1.82, 2.24) is 9.55 Å². The van der Waals surface area contributed by atoms with E-state index in [1.54, 1.807) is 0 Å². The normalized spacial score (nSPS) is 24.3. The topological polar surface area (TPSA) is 364 Å². The molecule has 0 aliphatic carbocycles. The maximum absolute atomic E-state index is 11.7. The molecule has 0 amide bonds. The average Bonchev–Trinajstić information content (AvgIpc) is 2.83. The van der Waals surface area contributed by atoms with Crippen molar-refractivity contribution in [3.05, 3.63) is 22.7 Å². The molecule has 0 spiro atoms. The first-order valence-electron chi connectivity index (χ1n) is 7.77. The molecule has 1 aromatic rings. The van der Waals surface area contributed by atoms with E-state index in [9.17, 15) is 20.1 Å². The number of nitrogens with zero attached hydrogens (tertiary/aromatic N) is 2. The summed E-state index contributed by atoms with van der Waals surface area (Å²) in [5.74, 6) is 2.11. The molecule has 0 aromatic carbocycles. The van der Waals surface area contributed by atoms with Crippen LogP contribution in [0.1, 0.15) is 6.23 Å². The van der Waals surface area contributed by atoms with Crippen molar-refractivity contribution in [1.29, 1.82) is 0 Å². The quantitative estimate of drug-likeness (QED) is 0.118. The molecule has 1 aliphatic rings. The van der Waals surface area contributed by atoms with Crippen molar-refractivity contribution < 1.29 is 77.8 Å². The summed E-state index contributed by atoms with van der Waals surface area (Å²) in [4.78, 5) is 79.8. The summed E-state index contributed by atoms with van der Waals surface area (Å²) in [6.07, 6.45) is 2.20. The van der Waals surface area contributed by atoms with Gasteiger partial charge in [0, 0.05) is 6.20 Å². The lowest BCUT2D eigenvalue weighted by molar-refractivity contribution is -0.0935. The van der Waals surface area contributed by atoms with Crippen LogP contribution < -0.4 is 11.4 Å². The molecule has 0 radical (unpaired) electrons. The van der Waals surface area contributed by atoms with E-state index >= 15 is 0 Å². The molecule has 4 atom stereocenters. The number of phosphoric acid groups is 3. The molecule has 1 aliphatic heterocycles. The van der Waals surface area contributed by atoms with E-state index in [2.05, 4.69) is 10.9 Å². The summed E-state index contributed by atoms with van der Waals surface area (Å²) in [5.41, 5.74) is 2.82. The van der Waals surface area contributed by atoms with Gasteiger partial charge in [-0.05, 0) is 6.07 Å². The van der Waals surface area contributed by atoms with Gasteiger partial charge in [-0.25, -0.2) is 18.5 Å². The van der Waals surface area contributed by atoms with Crippen molar-refractivity contribution in [2.45, 2.75) is 24.0 Å². The molecule has 2 heterocycles. The van der Waals surface area contributed by atoms with Crippen LogP contribution in [0.15, 0.2) is 17.1 Å². The minimum atomic E-state index is -4.64. The SMILES string of the molecule is C#C[C@]1(CO)O[C@@H](n2ccc(N)nc2=O)[C@H](O)[C@@H]1O.O=P(O)(O)O.O=P(O)(O)O.O=P(O)(O)O. The first-order chi connectivity index (χ1) is 14.9. The Morgan fingerprint density at radius 1 is 1.03 bits per heavy atom. The molecule has 198 valence electrons. The van der Waals surface area contributed by atoms with E-state index in [0.717, 1.165) is 4.57 Å². The summed E-state index contributed by atoms with van der Waals surface area (Å²) in [6.45, 7) is -0.699. The second-order valence-corrected chi connectivity index (χ2v) is 8.80. The monoisotopic (exact) mass is 561 g/mol. The van der Waals surface area contributed by atoms with Crippen LogP contribution in [0.25, 0.3) is 0 Å². The van der Waals surface area contributed by atoms with Gasteiger partial charge in [-0.2, -0.15) is 4.98 Å². The Hall–Kier alpha value is -1.59. The minimum Gasteiger partial charge on any atom is -0.392 e. The van der Waals surface area contributed by atoms with Gasteiger partial charge in [0.2, 0.25) is 0 Å². The van der Waals surface area contributed by atoms with Crippen molar-refractivity contribution in [2.24, 2.45) is 0 Å². The van der Waals surface area contributed by atoms with E-state index in [4.69, 9.17) is 74.6 Å². The molecule has 0 bridgehead atoms. The first kappa shape index (κ1) is 34.6. The van der Waals surface area contributed by atoms with Crippen LogP contribution >= 0.6 is 23.5 Å². The number of rotatable bonds is 2. The fourth-order valence-electron chi connectivity index (χ4n) is 1.92. The highest BCUT2D eigenvalue weighted by atomic mass is 31.2. The molecule has 1 aromatic heterocycles. The third-order valence-corrected chi connectivity index (χ3v) is 3.03. The lowest BCUT2D eigenvalue weighted by atomic mass is 9.97. The van der Waals surface area contributed by atoms with Crippen LogP contribution in [0.4, 0.5) is 5.82 Å². The Morgan fingerprint density at radius 3 is 1.68 bits per heavy atom. The van der Waals surface area contributed by atoms with Crippen LogP contribution in [-0.2, 0) is 18.4 Å². The maximum Gasteiger partial charge on any atom is 0.466 e. The zero-order valence-corrected chi connectivity index (χ0v) is 19.1.